The molecule has 2 fully saturated rings. The molecule has 0 bridgehead atoms. The third kappa shape index (κ3) is 4.14. The highest BCUT2D eigenvalue weighted by Gasteiger charge is 2.32. The van der Waals surface area contributed by atoms with Crippen LogP contribution in [-0.4, -0.2) is 60.1 Å². The predicted molar refractivity (Wildman–Crippen MR) is 106 cm³/mol. The van der Waals surface area contributed by atoms with Gasteiger partial charge in [-0.25, -0.2) is 0 Å². The van der Waals surface area contributed by atoms with Crippen molar-refractivity contribution in [3.05, 3.63) is 42.2 Å². The first-order valence-electron chi connectivity index (χ1n) is 10.1. The second-order valence-electron chi connectivity index (χ2n) is 7.89. The average molecular weight is 367 g/mol. The van der Waals surface area contributed by atoms with E-state index >= 15 is 0 Å². The number of amides is 1. The summed E-state index contributed by atoms with van der Waals surface area (Å²) in [5, 5.41) is 2.30. The highest BCUT2D eigenvalue weighted by atomic mass is 16.5. The first-order chi connectivity index (χ1) is 13.2. The maximum absolute atomic E-state index is 13.1. The molecule has 2 aliphatic heterocycles. The molecule has 2 aromatic rings. The largest absolute Gasteiger partial charge is 0.381 e. The fraction of sp³-hybridized carbons (Fsp3) is 0.545. The quantitative estimate of drug-likeness (QED) is 0.833. The van der Waals surface area contributed by atoms with Crippen molar-refractivity contribution in [2.75, 3.05) is 33.4 Å². The topological polar surface area (TPSA) is 45.7 Å². The Morgan fingerprint density at radius 1 is 1.26 bits per heavy atom. The van der Waals surface area contributed by atoms with Gasteiger partial charge in [0.2, 0.25) is 5.91 Å². The van der Waals surface area contributed by atoms with Gasteiger partial charge in [0, 0.05) is 57.2 Å². The van der Waals surface area contributed by atoms with Gasteiger partial charge < -0.3 is 9.64 Å². The summed E-state index contributed by atoms with van der Waals surface area (Å²) >= 11 is 0. The number of carbonyl (C=O) groups excluding carboxylic acids is 1. The molecule has 2 saturated heterocycles. The molecule has 1 aromatic carbocycles. The summed E-state index contributed by atoms with van der Waals surface area (Å²) in [5.74, 6) is 0.390. The summed E-state index contributed by atoms with van der Waals surface area (Å²) in [6, 6.07) is 8.86. The Labute approximate surface area is 161 Å². The maximum atomic E-state index is 13.1. The molecule has 27 heavy (non-hydrogen) atoms. The van der Waals surface area contributed by atoms with Crippen LogP contribution >= 0.6 is 0 Å². The predicted octanol–water partition coefficient (Wildman–Crippen LogP) is 3.08. The molecule has 4 rings (SSSR count). The van der Waals surface area contributed by atoms with Crippen molar-refractivity contribution in [1.29, 1.82) is 0 Å². The molecule has 0 N–H and O–H groups in total. The van der Waals surface area contributed by atoms with Crippen LogP contribution in [0.15, 0.2) is 36.7 Å². The summed E-state index contributed by atoms with van der Waals surface area (Å²) < 4.78 is 5.50. The number of pyridine rings is 1. The molecule has 0 saturated carbocycles. The van der Waals surface area contributed by atoms with Crippen LogP contribution in [0.4, 0.5) is 0 Å². The van der Waals surface area contributed by atoms with Gasteiger partial charge in [-0.05, 0) is 49.2 Å². The van der Waals surface area contributed by atoms with Crippen LogP contribution < -0.4 is 0 Å². The number of aromatic nitrogens is 1. The van der Waals surface area contributed by atoms with Gasteiger partial charge in [-0.15, -0.1) is 0 Å². The number of benzene rings is 1. The van der Waals surface area contributed by atoms with Crippen molar-refractivity contribution in [3.63, 3.8) is 0 Å². The number of piperidine rings is 1. The van der Waals surface area contributed by atoms with E-state index in [4.69, 9.17) is 4.74 Å². The van der Waals surface area contributed by atoms with Gasteiger partial charge in [-0.1, -0.05) is 18.2 Å². The maximum Gasteiger partial charge on any atom is 0.227 e. The monoisotopic (exact) mass is 367 g/mol. The molecular weight excluding hydrogens is 338 g/mol. The van der Waals surface area contributed by atoms with Crippen LogP contribution in [0.25, 0.3) is 10.8 Å². The smallest absolute Gasteiger partial charge is 0.227 e. The molecule has 1 atom stereocenters. The second-order valence-corrected chi connectivity index (χ2v) is 7.89. The Morgan fingerprint density at radius 3 is 2.96 bits per heavy atom. The zero-order valence-electron chi connectivity index (χ0n) is 16.1. The molecular formula is C22H29N3O2. The Bertz CT molecular complexity index is 783. The van der Waals surface area contributed by atoms with Crippen molar-refractivity contribution in [2.24, 2.45) is 5.92 Å². The second kappa shape index (κ2) is 8.36. The third-order valence-electron chi connectivity index (χ3n) is 6.06. The highest BCUT2D eigenvalue weighted by molar-refractivity contribution is 5.85. The van der Waals surface area contributed by atoms with E-state index in [2.05, 4.69) is 22.0 Å². The standard InChI is InChI=1S/C22H29N3O2/c1-24(15-18-5-2-4-17-14-23-10-7-21(17)18)22(26)19-6-3-11-25(16-19)20-8-12-27-13-9-20/h2,4-5,7,10,14,19-20H,3,6,8-9,11-13,15-16H2,1H3/t19-/m1/s1. The lowest BCUT2D eigenvalue weighted by molar-refractivity contribution is -0.137. The molecule has 0 unspecified atom stereocenters. The minimum Gasteiger partial charge on any atom is -0.381 e. The van der Waals surface area contributed by atoms with E-state index in [1.807, 2.05) is 36.5 Å². The van der Waals surface area contributed by atoms with Gasteiger partial charge in [0.15, 0.2) is 0 Å². The number of hydrogen-bond donors (Lipinski definition) is 0. The Balaban J connectivity index is 1.42. The molecule has 5 heteroatoms. The molecule has 1 amide bonds. The lowest BCUT2D eigenvalue weighted by atomic mass is 9.93. The number of hydrogen-bond acceptors (Lipinski definition) is 4. The minimum atomic E-state index is 0.114. The lowest BCUT2D eigenvalue weighted by Crippen LogP contribution is -2.48. The van der Waals surface area contributed by atoms with E-state index in [1.165, 1.54) is 10.9 Å². The number of rotatable bonds is 4. The number of nitrogens with zero attached hydrogens (tertiary/aromatic N) is 3. The first-order valence-corrected chi connectivity index (χ1v) is 10.1. The van der Waals surface area contributed by atoms with Crippen molar-refractivity contribution < 1.29 is 9.53 Å². The zero-order chi connectivity index (χ0) is 18.6. The lowest BCUT2D eigenvalue weighted by Gasteiger charge is -2.40. The molecule has 2 aliphatic rings. The number of fused-ring (bicyclic) bond motifs is 1. The van der Waals surface area contributed by atoms with Crippen LogP contribution in [0.1, 0.15) is 31.2 Å². The summed E-state index contributed by atoms with van der Waals surface area (Å²) in [4.78, 5) is 21.8. The molecule has 3 heterocycles. The van der Waals surface area contributed by atoms with E-state index in [-0.39, 0.29) is 11.8 Å². The molecule has 0 radical (unpaired) electrons. The van der Waals surface area contributed by atoms with Crippen LogP contribution in [0.2, 0.25) is 0 Å². The SMILES string of the molecule is CN(Cc1cccc2cnccc12)C(=O)[C@@H]1CCCN(C2CCOCC2)C1. The molecule has 0 spiro atoms. The van der Waals surface area contributed by atoms with Crippen LogP contribution in [0.3, 0.4) is 0 Å². The summed E-state index contributed by atoms with van der Waals surface area (Å²) in [7, 11) is 1.94. The van der Waals surface area contributed by atoms with E-state index in [0.717, 1.165) is 57.4 Å². The van der Waals surface area contributed by atoms with E-state index in [0.29, 0.717) is 12.6 Å². The van der Waals surface area contributed by atoms with Gasteiger partial charge in [-0.3, -0.25) is 14.7 Å². The molecule has 144 valence electrons. The van der Waals surface area contributed by atoms with E-state index in [1.54, 1.807) is 0 Å². The molecule has 0 aliphatic carbocycles. The van der Waals surface area contributed by atoms with Crippen LogP contribution in [-0.2, 0) is 16.1 Å². The van der Waals surface area contributed by atoms with Crippen molar-refractivity contribution in [1.82, 2.24) is 14.8 Å². The molecule has 1 aromatic heterocycles. The fourth-order valence-corrected chi connectivity index (χ4v) is 4.56. The minimum absolute atomic E-state index is 0.114. The number of likely N-dealkylation sites (tertiary alicyclic amines) is 1. The number of ether oxygens (including phenoxy) is 1. The zero-order valence-corrected chi connectivity index (χ0v) is 16.1. The van der Waals surface area contributed by atoms with E-state index < -0.39 is 0 Å². The van der Waals surface area contributed by atoms with Gasteiger partial charge in [0.05, 0.1) is 5.92 Å². The summed E-state index contributed by atoms with van der Waals surface area (Å²) in [6.45, 7) is 4.38. The van der Waals surface area contributed by atoms with Crippen molar-refractivity contribution in [3.8, 4) is 0 Å². The van der Waals surface area contributed by atoms with Gasteiger partial charge in [0.1, 0.15) is 0 Å². The third-order valence-corrected chi connectivity index (χ3v) is 6.06. The molecule has 5 nitrogen and oxygen atoms in total. The highest BCUT2D eigenvalue weighted by Crippen LogP contribution is 2.25. The summed E-state index contributed by atoms with van der Waals surface area (Å²) in [5.41, 5.74) is 1.18. The van der Waals surface area contributed by atoms with Crippen LogP contribution in [0, 0.1) is 5.92 Å². The van der Waals surface area contributed by atoms with Crippen molar-refractivity contribution in [2.45, 2.75) is 38.3 Å². The van der Waals surface area contributed by atoms with Gasteiger partial charge in [-0.2, -0.15) is 0 Å². The van der Waals surface area contributed by atoms with Crippen molar-refractivity contribution >= 4 is 16.7 Å². The number of carbonyl (C=O) groups is 1. The Kier molecular flexibility index (Phi) is 5.69. The van der Waals surface area contributed by atoms with Gasteiger partial charge >= 0.3 is 0 Å². The van der Waals surface area contributed by atoms with Crippen LogP contribution in [0.5, 0.6) is 0 Å². The van der Waals surface area contributed by atoms with E-state index in [9.17, 15) is 4.79 Å². The Morgan fingerprint density at radius 2 is 2.11 bits per heavy atom. The fourth-order valence-electron chi connectivity index (χ4n) is 4.56. The average Bonchev–Trinajstić information content (AvgIpc) is 2.74. The first kappa shape index (κ1) is 18.4. The summed E-state index contributed by atoms with van der Waals surface area (Å²) in [6.07, 6.45) is 8.01. The Hall–Kier alpha value is -1.98. The normalized spacial score (nSPS) is 22.0. The van der Waals surface area contributed by atoms with Gasteiger partial charge in [0.25, 0.3) is 0 Å².